The van der Waals surface area contributed by atoms with Gasteiger partial charge in [0.05, 0.1) is 12.8 Å². The molecule has 0 aromatic carbocycles. The molecule has 244 valence electrons. The van der Waals surface area contributed by atoms with Gasteiger partial charge in [0.2, 0.25) is 0 Å². The van der Waals surface area contributed by atoms with Crippen molar-refractivity contribution in [1.82, 2.24) is 9.55 Å². The fourth-order valence-electron chi connectivity index (χ4n) is 4.97. The summed E-state index contributed by atoms with van der Waals surface area (Å²) in [6.07, 6.45) is 13.6. The molecule has 2 unspecified atom stereocenters. The molecular formula is C27H51N3O10P2. The van der Waals surface area contributed by atoms with Gasteiger partial charge < -0.3 is 30.5 Å². The van der Waals surface area contributed by atoms with Crippen LogP contribution in [0, 0.1) is 0 Å². The van der Waals surface area contributed by atoms with Crippen LogP contribution in [-0.4, -0.2) is 60.6 Å². The summed E-state index contributed by atoms with van der Waals surface area (Å²) in [4.78, 5) is 35.5. The third kappa shape index (κ3) is 14.1. The molecule has 0 amide bonds. The molecule has 1 saturated heterocycles. The lowest BCUT2D eigenvalue weighted by Gasteiger charge is -2.19. The number of anilines is 1. The highest BCUT2D eigenvalue weighted by Crippen LogP contribution is 2.60. The van der Waals surface area contributed by atoms with Gasteiger partial charge in [0, 0.05) is 6.20 Å². The molecule has 6 atom stereocenters. The topological polar surface area (TPSA) is 204 Å². The zero-order valence-electron chi connectivity index (χ0n) is 24.8. The maximum absolute atomic E-state index is 12.3. The Hall–Kier alpha value is -1.14. The Morgan fingerprint density at radius 1 is 0.881 bits per heavy atom. The standard InChI is InChI=1S/C27H51N3O10P2/c1-2-3-4-5-6-7-8-9-10-11-12-13-14-15-16-17-20-41(34,35)40-42(36,37)38-21-22-24(31)25(32)26(39-22)30-19-18-23(28)29-27(30)33/h18-19,22,24-26,31-32H,2-17,20-21H2,1H3,(H,34,35)(H,36,37)(H2,28,29,33)/t22-,24-,25+,26-/m1/s1. The van der Waals surface area contributed by atoms with Crippen LogP contribution < -0.4 is 11.4 Å². The van der Waals surface area contributed by atoms with Crippen LogP contribution in [0.4, 0.5) is 5.82 Å². The van der Waals surface area contributed by atoms with Crippen LogP contribution in [-0.2, 0) is 22.7 Å². The minimum absolute atomic E-state index is 0.0458. The molecule has 1 fully saturated rings. The largest absolute Gasteiger partial charge is 0.479 e. The van der Waals surface area contributed by atoms with Gasteiger partial charge in [-0.15, -0.1) is 0 Å². The first-order chi connectivity index (χ1) is 20.0. The van der Waals surface area contributed by atoms with Crippen molar-refractivity contribution >= 4 is 21.2 Å². The van der Waals surface area contributed by atoms with E-state index in [-0.39, 0.29) is 12.0 Å². The maximum Gasteiger partial charge on any atom is 0.479 e. The molecular weight excluding hydrogens is 588 g/mol. The van der Waals surface area contributed by atoms with Crippen LogP contribution >= 0.6 is 15.4 Å². The SMILES string of the molecule is CCCCCCCCCCCCCCCCCCP(=O)(O)OP(=O)(O)OC[C@H]1O[C@@H](n2ccc(N)nc2=O)[C@@H](O)[C@@H]1O. The van der Waals surface area contributed by atoms with Crippen molar-refractivity contribution in [3.8, 4) is 0 Å². The van der Waals surface area contributed by atoms with E-state index in [0.717, 1.165) is 23.8 Å². The van der Waals surface area contributed by atoms with Crippen molar-refractivity contribution < 1.29 is 42.7 Å². The van der Waals surface area contributed by atoms with E-state index >= 15 is 0 Å². The number of ether oxygens (including phenoxy) is 1. The highest BCUT2D eigenvalue weighted by Gasteiger charge is 2.45. The number of aromatic nitrogens is 2. The lowest BCUT2D eigenvalue weighted by Crippen LogP contribution is -2.36. The van der Waals surface area contributed by atoms with E-state index in [1.807, 2.05) is 0 Å². The van der Waals surface area contributed by atoms with Gasteiger partial charge >= 0.3 is 21.1 Å². The first-order valence-corrected chi connectivity index (χ1v) is 18.6. The molecule has 1 aliphatic heterocycles. The third-order valence-corrected chi connectivity index (χ3v) is 10.6. The maximum atomic E-state index is 12.3. The fraction of sp³-hybridized carbons (Fsp3) is 0.852. The zero-order chi connectivity index (χ0) is 31.0. The number of phosphoric ester groups is 1. The molecule has 6 N–H and O–H groups in total. The number of unbranched alkanes of at least 4 members (excludes halogenated alkanes) is 15. The molecule has 1 aliphatic rings. The number of phosphoric acid groups is 1. The number of rotatable bonds is 23. The Morgan fingerprint density at radius 2 is 1.38 bits per heavy atom. The first-order valence-electron chi connectivity index (χ1n) is 15.3. The summed E-state index contributed by atoms with van der Waals surface area (Å²) in [6, 6.07) is 1.29. The van der Waals surface area contributed by atoms with Gasteiger partial charge in [0.15, 0.2) is 6.23 Å². The van der Waals surface area contributed by atoms with Crippen LogP contribution in [0.5, 0.6) is 0 Å². The number of nitrogens with zero attached hydrogens (tertiary/aromatic N) is 2. The van der Waals surface area contributed by atoms with Gasteiger partial charge in [0.1, 0.15) is 24.1 Å². The molecule has 42 heavy (non-hydrogen) atoms. The van der Waals surface area contributed by atoms with E-state index in [0.29, 0.717) is 12.8 Å². The molecule has 1 aromatic heterocycles. The molecule has 1 aromatic rings. The van der Waals surface area contributed by atoms with Gasteiger partial charge in [-0.05, 0) is 12.5 Å². The predicted octanol–water partition coefficient (Wildman–Crippen LogP) is 5.03. The number of aliphatic hydroxyl groups is 2. The Kier molecular flexibility index (Phi) is 17.0. The predicted molar refractivity (Wildman–Crippen MR) is 160 cm³/mol. The van der Waals surface area contributed by atoms with Gasteiger partial charge in [-0.2, -0.15) is 4.98 Å². The van der Waals surface area contributed by atoms with Crippen molar-refractivity contribution in [1.29, 1.82) is 0 Å². The van der Waals surface area contributed by atoms with Crippen molar-refractivity contribution in [3.63, 3.8) is 0 Å². The summed E-state index contributed by atoms with van der Waals surface area (Å²) in [5, 5.41) is 20.5. The van der Waals surface area contributed by atoms with Gasteiger partial charge in [-0.3, -0.25) is 13.7 Å². The highest BCUT2D eigenvalue weighted by molar-refractivity contribution is 7.64. The zero-order valence-corrected chi connectivity index (χ0v) is 26.6. The summed E-state index contributed by atoms with van der Waals surface area (Å²) in [6.45, 7) is 1.49. The van der Waals surface area contributed by atoms with Crippen LogP contribution in [0.3, 0.4) is 0 Å². The van der Waals surface area contributed by atoms with E-state index in [4.69, 9.17) is 15.0 Å². The van der Waals surface area contributed by atoms with E-state index < -0.39 is 52.3 Å². The molecule has 0 spiro atoms. The second-order valence-electron chi connectivity index (χ2n) is 11.1. The van der Waals surface area contributed by atoms with E-state index in [9.17, 15) is 33.9 Å². The second kappa shape index (κ2) is 19.3. The Bertz CT molecular complexity index is 1060. The third-order valence-electron chi connectivity index (χ3n) is 7.39. The number of aliphatic hydroxyl groups excluding tert-OH is 2. The number of hydrogen-bond donors (Lipinski definition) is 5. The Morgan fingerprint density at radius 3 is 1.88 bits per heavy atom. The van der Waals surface area contributed by atoms with E-state index in [1.165, 1.54) is 82.9 Å². The number of nitrogen functional groups attached to an aromatic ring is 1. The van der Waals surface area contributed by atoms with Gasteiger partial charge in [-0.1, -0.05) is 103 Å². The summed E-state index contributed by atoms with van der Waals surface area (Å²) in [5.41, 5.74) is 4.61. The average molecular weight is 640 g/mol. The van der Waals surface area contributed by atoms with E-state index in [2.05, 4.69) is 16.2 Å². The van der Waals surface area contributed by atoms with Crippen LogP contribution in [0.25, 0.3) is 0 Å². The van der Waals surface area contributed by atoms with E-state index in [1.54, 1.807) is 0 Å². The molecule has 0 saturated carbocycles. The summed E-state index contributed by atoms with van der Waals surface area (Å²) in [7, 11) is -9.41. The number of hydrogen-bond acceptors (Lipinski definition) is 10. The van der Waals surface area contributed by atoms with Crippen LogP contribution in [0.1, 0.15) is 116 Å². The Labute approximate surface area is 249 Å². The average Bonchev–Trinajstić information content (AvgIpc) is 3.19. The minimum atomic E-state index is -5.00. The molecule has 2 heterocycles. The van der Waals surface area contributed by atoms with Crippen molar-refractivity contribution in [3.05, 3.63) is 22.7 Å². The minimum Gasteiger partial charge on any atom is -0.387 e. The molecule has 0 aliphatic carbocycles. The fourth-order valence-corrected chi connectivity index (χ4v) is 7.73. The summed E-state index contributed by atoms with van der Waals surface area (Å²) >= 11 is 0. The molecule has 0 radical (unpaired) electrons. The second-order valence-corrected chi connectivity index (χ2v) is 14.7. The lowest BCUT2D eigenvalue weighted by molar-refractivity contribution is -0.0540. The quantitative estimate of drug-likeness (QED) is 0.0791. The lowest BCUT2D eigenvalue weighted by atomic mass is 10.0. The molecule has 13 nitrogen and oxygen atoms in total. The summed E-state index contributed by atoms with van der Waals surface area (Å²) < 4.78 is 40.3. The van der Waals surface area contributed by atoms with Crippen molar-refractivity contribution in [2.24, 2.45) is 0 Å². The molecule has 2 rings (SSSR count). The van der Waals surface area contributed by atoms with Gasteiger partial charge in [0.25, 0.3) is 0 Å². The first kappa shape index (κ1) is 37.0. The Balaban J connectivity index is 1.57. The van der Waals surface area contributed by atoms with Crippen molar-refractivity contribution in [2.45, 2.75) is 134 Å². The van der Waals surface area contributed by atoms with Crippen LogP contribution in [0.2, 0.25) is 0 Å². The molecule has 15 heteroatoms. The van der Waals surface area contributed by atoms with Gasteiger partial charge in [-0.25, -0.2) is 13.7 Å². The highest BCUT2D eigenvalue weighted by atomic mass is 31.3. The van der Waals surface area contributed by atoms with Crippen LogP contribution in [0.15, 0.2) is 17.1 Å². The summed E-state index contributed by atoms with van der Waals surface area (Å²) in [5.74, 6) is -0.0458. The monoisotopic (exact) mass is 639 g/mol. The normalized spacial score (nSPS) is 23.5. The molecule has 0 bridgehead atoms. The smallest absolute Gasteiger partial charge is 0.387 e. The van der Waals surface area contributed by atoms with Crippen molar-refractivity contribution in [2.75, 3.05) is 18.5 Å². The number of nitrogens with two attached hydrogens (primary N) is 1.